The van der Waals surface area contributed by atoms with E-state index in [0.29, 0.717) is 49.9 Å². The molecule has 0 bridgehead atoms. The number of aryl methyl sites for hydroxylation is 1. The Bertz CT molecular complexity index is 1920. The average molecular weight is 911 g/mol. The Labute approximate surface area is 372 Å². The normalized spacial score (nSPS) is 15.5. The Kier molecular flexibility index (Phi) is 18.9. The van der Waals surface area contributed by atoms with Gasteiger partial charge in [0, 0.05) is 40.4 Å². The Morgan fingerprint density at radius 1 is 0.922 bits per heavy atom. The van der Waals surface area contributed by atoms with E-state index in [1.54, 1.807) is 45.7 Å². The first kappa shape index (κ1) is 52.9. The number of halogens is 5. The summed E-state index contributed by atoms with van der Waals surface area (Å²) >= 11 is 0. The number of esters is 1. The van der Waals surface area contributed by atoms with Crippen LogP contribution in [0.15, 0.2) is 48.2 Å². The van der Waals surface area contributed by atoms with E-state index in [4.69, 9.17) is 9.47 Å². The van der Waals surface area contributed by atoms with Gasteiger partial charge in [0.1, 0.15) is 41.5 Å². The lowest BCUT2D eigenvalue weighted by Crippen LogP contribution is -2.57. The summed E-state index contributed by atoms with van der Waals surface area (Å²) in [4.78, 5) is 86.0. The first-order valence-corrected chi connectivity index (χ1v) is 21.3. The van der Waals surface area contributed by atoms with Crippen molar-refractivity contribution < 1.29 is 60.2 Å². The van der Waals surface area contributed by atoms with Crippen molar-refractivity contribution in [3.8, 4) is 0 Å². The van der Waals surface area contributed by atoms with Gasteiger partial charge in [0.05, 0.1) is 25.0 Å². The fraction of sp³-hybridized carbons (Fsp3) is 0.600. The molecule has 2 N–H and O–H groups in total. The molecule has 3 rings (SSSR count). The fourth-order valence-electron chi connectivity index (χ4n) is 7.60. The van der Waals surface area contributed by atoms with Gasteiger partial charge in [-0.05, 0) is 89.0 Å². The number of hydrogen-bond acceptors (Lipinski definition) is 9. The second-order valence-corrected chi connectivity index (χ2v) is 17.4. The second-order valence-electron chi connectivity index (χ2n) is 17.4. The molecule has 356 valence electrons. The summed E-state index contributed by atoms with van der Waals surface area (Å²) in [6, 6.07) is -1.55. The minimum absolute atomic E-state index is 0.0332. The molecule has 2 atom stereocenters. The summed E-state index contributed by atoms with van der Waals surface area (Å²) in [5.41, 5.74) is -3.01. The van der Waals surface area contributed by atoms with Gasteiger partial charge < -0.3 is 39.7 Å². The summed E-state index contributed by atoms with van der Waals surface area (Å²) in [7, 11) is 6.03. The molecule has 0 saturated heterocycles. The Morgan fingerprint density at radius 3 is 2.08 bits per heavy atom. The molecule has 0 aliphatic heterocycles. The number of ether oxygens (including phenoxy) is 2. The standard InChI is InChI=1S/C45H63F5N6O8/c1-10-22-56(40(60)34(51-42(62)63-28-30-16-12-11-13-17-30)19-18-31-23-32(46)39(33(47)24-31)45(48,49)50)26-36(57)52-44(20-14-15-21-44)29(2)54(8)27-37(58)55(9)35(41(61)53(6)7)25-38(59)64-43(3,4)5/h12,16-17,23-24,34-35H,2,10-11,13-15,18-22,25-28H2,1,3-9H3,(H,51,62)(H,52,57)/t34-,35-/m0/s1. The van der Waals surface area contributed by atoms with E-state index in [2.05, 4.69) is 17.2 Å². The molecule has 1 saturated carbocycles. The van der Waals surface area contributed by atoms with E-state index < -0.39 is 88.8 Å². The van der Waals surface area contributed by atoms with E-state index >= 15 is 0 Å². The van der Waals surface area contributed by atoms with E-state index in [1.807, 2.05) is 12.2 Å². The van der Waals surface area contributed by atoms with Crippen LogP contribution < -0.4 is 10.6 Å². The van der Waals surface area contributed by atoms with Crippen molar-refractivity contribution in [1.29, 1.82) is 0 Å². The fourth-order valence-corrected chi connectivity index (χ4v) is 7.60. The van der Waals surface area contributed by atoms with Crippen LogP contribution in [0, 0.1) is 11.6 Å². The quantitative estimate of drug-likeness (QED) is 0.118. The number of carbonyl (C=O) groups is 6. The van der Waals surface area contributed by atoms with Gasteiger partial charge in [-0.25, -0.2) is 13.6 Å². The molecule has 1 fully saturated rings. The number of amides is 5. The van der Waals surface area contributed by atoms with Gasteiger partial charge in [0.15, 0.2) is 0 Å². The minimum Gasteiger partial charge on any atom is -0.460 e. The van der Waals surface area contributed by atoms with Gasteiger partial charge in [0.25, 0.3) is 0 Å². The van der Waals surface area contributed by atoms with Crippen LogP contribution >= 0.6 is 0 Å². The zero-order valence-electron chi connectivity index (χ0n) is 38.1. The number of likely N-dealkylation sites (N-methyl/N-ethyl adjacent to an activating group) is 3. The number of hydrogen-bond donors (Lipinski definition) is 2. The number of benzene rings is 1. The molecule has 14 nitrogen and oxygen atoms in total. The molecular formula is C45H63F5N6O8. The van der Waals surface area contributed by atoms with E-state index in [9.17, 15) is 50.7 Å². The van der Waals surface area contributed by atoms with Crippen molar-refractivity contribution in [2.45, 2.75) is 121 Å². The lowest BCUT2D eigenvalue weighted by Gasteiger charge is -2.39. The predicted molar refractivity (Wildman–Crippen MR) is 228 cm³/mol. The molecule has 19 heteroatoms. The van der Waals surface area contributed by atoms with Crippen molar-refractivity contribution in [3.63, 3.8) is 0 Å². The van der Waals surface area contributed by atoms with Crippen LogP contribution in [0.1, 0.15) is 96.6 Å². The van der Waals surface area contributed by atoms with Crippen molar-refractivity contribution >= 4 is 35.7 Å². The molecule has 0 spiro atoms. The van der Waals surface area contributed by atoms with Crippen LogP contribution in [-0.4, -0.2) is 133 Å². The monoisotopic (exact) mass is 910 g/mol. The van der Waals surface area contributed by atoms with Crippen molar-refractivity contribution in [2.24, 2.45) is 0 Å². The average Bonchev–Trinajstić information content (AvgIpc) is 3.67. The van der Waals surface area contributed by atoms with Crippen molar-refractivity contribution in [1.82, 2.24) is 30.2 Å². The summed E-state index contributed by atoms with van der Waals surface area (Å²) in [6.45, 7) is 10.2. The maximum absolute atomic E-state index is 14.5. The molecule has 0 aromatic heterocycles. The predicted octanol–water partition coefficient (Wildman–Crippen LogP) is 6.05. The molecule has 2 aliphatic rings. The highest BCUT2D eigenvalue weighted by atomic mass is 19.4. The molecule has 2 aliphatic carbocycles. The first-order chi connectivity index (χ1) is 29.8. The third-order valence-corrected chi connectivity index (χ3v) is 10.9. The maximum Gasteiger partial charge on any atom is 0.422 e. The zero-order chi connectivity index (χ0) is 48.2. The van der Waals surface area contributed by atoms with Gasteiger partial charge in [-0.15, -0.1) is 0 Å². The third kappa shape index (κ3) is 15.3. The number of nitrogens with one attached hydrogen (secondary N) is 2. The van der Waals surface area contributed by atoms with E-state index in [0.717, 1.165) is 18.4 Å². The van der Waals surface area contributed by atoms with Crippen LogP contribution in [-0.2, 0) is 46.0 Å². The zero-order valence-corrected chi connectivity index (χ0v) is 38.1. The van der Waals surface area contributed by atoms with Gasteiger partial charge in [-0.1, -0.05) is 44.6 Å². The second kappa shape index (κ2) is 22.9. The molecule has 5 amide bonds. The van der Waals surface area contributed by atoms with Gasteiger partial charge >= 0.3 is 18.2 Å². The van der Waals surface area contributed by atoms with Crippen LogP contribution in [0.3, 0.4) is 0 Å². The highest BCUT2D eigenvalue weighted by Crippen LogP contribution is 2.37. The SMILES string of the molecule is C=C(N(C)CC(=O)N(C)[C@@H](CC(=O)OC(C)(C)C)C(=O)N(C)C)C1(NC(=O)CN(CCC)C(=O)[C@H](CCc2cc(F)c(C(F)(F)F)c(F)c2)NC(=O)OCC2=CCCC=C2)CCCC1. The van der Waals surface area contributed by atoms with E-state index in [1.165, 1.54) is 35.8 Å². The van der Waals surface area contributed by atoms with Crippen LogP contribution in [0.2, 0.25) is 0 Å². The third-order valence-electron chi connectivity index (χ3n) is 10.9. The van der Waals surface area contributed by atoms with Crippen molar-refractivity contribution in [3.05, 3.63) is 71.0 Å². The molecular weight excluding hydrogens is 848 g/mol. The topological polar surface area (TPSA) is 158 Å². The Balaban J connectivity index is 1.80. The first-order valence-electron chi connectivity index (χ1n) is 21.3. The number of carbonyl (C=O) groups excluding carboxylic acids is 6. The van der Waals surface area contributed by atoms with E-state index in [-0.39, 0.29) is 44.5 Å². The summed E-state index contributed by atoms with van der Waals surface area (Å²) in [5, 5.41) is 5.50. The summed E-state index contributed by atoms with van der Waals surface area (Å²) in [6.07, 6.45) is 2.44. The number of alkyl carbamates (subject to hydrolysis) is 1. The van der Waals surface area contributed by atoms with Crippen LogP contribution in [0.25, 0.3) is 0 Å². The number of nitrogens with zero attached hydrogens (tertiary/aromatic N) is 4. The highest BCUT2D eigenvalue weighted by Gasteiger charge is 2.42. The molecule has 0 radical (unpaired) electrons. The minimum atomic E-state index is -5.28. The molecule has 64 heavy (non-hydrogen) atoms. The van der Waals surface area contributed by atoms with Gasteiger partial charge in [-0.2, -0.15) is 13.2 Å². The smallest absolute Gasteiger partial charge is 0.422 e. The number of alkyl halides is 3. The molecule has 1 aromatic carbocycles. The molecule has 1 aromatic rings. The molecule has 0 unspecified atom stereocenters. The summed E-state index contributed by atoms with van der Waals surface area (Å²) in [5.74, 6) is -6.68. The molecule has 0 heterocycles. The Morgan fingerprint density at radius 2 is 1.55 bits per heavy atom. The van der Waals surface area contributed by atoms with Crippen molar-refractivity contribution in [2.75, 3.05) is 54.4 Å². The van der Waals surface area contributed by atoms with Gasteiger partial charge in [0.2, 0.25) is 23.6 Å². The highest BCUT2D eigenvalue weighted by molar-refractivity contribution is 5.92. The number of rotatable bonds is 20. The Hall–Kier alpha value is -5.49. The largest absolute Gasteiger partial charge is 0.460 e. The number of allylic oxidation sites excluding steroid dienone is 2. The van der Waals surface area contributed by atoms with Gasteiger partial charge in [-0.3, -0.25) is 24.0 Å². The lowest BCUT2D eigenvalue weighted by atomic mass is 9.92. The maximum atomic E-state index is 14.5. The van der Waals surface area contributed by atoms with Crippen LogP contribution in [0.5, 0.6) is 0 Å². The van der Waals surface area contributed by atoms with Crippen LogP contribution in [0.4, 0.5) is 26.7 Å². The lowest BCUT2D eigenvalue weighted by molar-refractivity contribution is -0.159. The summed E-state index contributed by atoms with van der Waals surface area (Å²) < 4.78 is 79.5.